The minimum Gasteiger partial charge on any atom is -0.352 e. The Labute approximate surface area is 238 Å². The van der Waals surface area contributed by atoms with Crippen LogP contribution in [0.5, 0.6) is 0 Å². The van der Waals surface area contributed by atoms with Gasteiger partial charge in [-0.25, -0.2) is 8.42 Å². The number of amides is 2. The summed E-state index contributed by atoms with van der Waals surface area (Å²) in [6, 6.07) is 24.3. The molecular formula is C32H39N3O4S. The first-order chi connectivity index (χ1) is 19.3. The summed E-state index contributed by atoms with van der Waals surface area (Å²) in [4.78, 5) is 28.9. The van der Waals surface area contributed by atoms with E-state index in [9.17, 15) is 18.0 Å². The van der Waals surface area contributed by atoms with Gasteiger partial charge in [-0.05, 0) is 62.9 Å². The number of nitrogens with one attached hydrogen (secondary N) is 1. The topological polar surface area (TPSA) is 86.8 Å². The van der Waals surface area contributed by atoms with Crippen molar-refractivity contribution in [3.8, 4) is 0 Å². The molecule has 0 heterocycles. The molecule has 2 amide bonds. The minimum atomic E-state index is -4.05. The Morgan fingerprint density at radius 3 is 2.10 bits per heavy atom. The third-order valence-electron chi connectivity index (χ3n) is 7.54. The molecule has 8 heteroatoms. The van der Waals surface area contributed by atoms with E-state index >= 15 is 0 Å². The van der Waals surface area contributed by atoms with Crippen LogP contribution in [-0.2, 0) is 26.0 Å². The number of carbonyl (C=O) groups excluding carboxylic acids is 2. The summed E-state index contributed by atoms with van der Waals surface area (Å²) in [5.74, 6) is -0.636. The maximum Gasteiger partial charge on any atom is 0.264 e. The van der Waals surface area contributed by atoms with Crippen molar-refractivity contribution < 1.29 is 18.0 Å². The molecule has 4 rings (SSSR count). The van der Waals surface area contributed by atoms with Gasteiger partial charge in [0.15, 0.2) is 0 Å². The van der Waals surface area contributed by atoms with Crippen molar-refractivity contribution in [3.63, 3.8) is 0 Å². The minimum absolute atomic E-state index is 0.0994. The van der Waals surface area contributed by atoms with Crippen molar-refractivity contribution in [2.45, 2.75) is 69.4 Å². The van der Waals surface area contributed by atoms with Gasteiger partial charge in [0.25, 0.3) is 10.0 Å². The summed E-state index contributed by atoms with van der Waals surface area (Å²) in [6.45, 7) is 3.51. The molecule has 0 bridgehead atoms. The zero-order valence-corrected chi connectivity index (χ0v) is 24.1. The van der Waals surface area contributed by atoms with Gasteiger partial charge in [-0.1, -0.05) is 85.5 Å². The van der Waals surface area contributed by atoms with Crippen LogP contribution in [0.25, 0.3) is 0 Å². The van der Waals surface area contributed by atoms with Crippen molar-refractivity contribution in [1.29, 1.82) is 0 Å². The van der Waals surface area contributed by atoms with Gasteiger partial charge in [0.1, 0.15) is 12.6 Å². The maximum atomic E-state index is 14.0. The molecule has 1 atom stereocenters. The lowest BCUT2D eigenvalue weighted by atomic mass is 9.95. The molecule has 7 nitrogen and oxygen atoms in total. The van der Waals surface area contributed by atoms with Gasteiger partial charge < -0.3 is 10.2 Å². The van der Waals surface area contributed by atoms with Gasteiger partial charge in [0, 0.05) is 12.6 Å². The van der Waals surface area contributed by atoms with E-state index in [-0.39, 0.29) is 23.4 Å². The van der Waals surface area contributed by atoms with E-state index < -0.39 is 28.5 Å². The standard InChI is InChI=1S/C32H39N3O4S/c1-25-18-20-29(21-19-25)35(40(38,39)30-16-10-5-11-17-30)24-31(36)34(23-22-27-12-6-3-7-13-27)26(2)32(37)33-28-14-8-4-9-15-28/h3,5-7,10-13,16-21,26,28H,4,8-9,14-15,22-24H2,1-2H3,(H,33,37)/t26-/m1/s1. The summed E-state index contributed by atoms with van der Waals surface area (Å²) >= 11 is 0. The van der Waals surface area contributed by atoms with Crippen LogP contribution in [0.2, 0.25) is 0 Å². The van der Waals surface area contributed by atoms with Crippen LogP contribution in [0.15, 0.2) is 89.8 Å². The van der Waals surface area contributed by atoms with Crippen LogP contribution < -0.4 is 9.62 Å². The SMILES string of the molecule is Cc1ccc(N(CC(=O)N(CCc2ccccc2)[C@H](C)C(=O)NC2CCCCC2)S(=O)(=O)c2ccccc2)cc1. The number of benzene rings is 3. The van der Waals surface area contributed by atoms with Crippen LogP contribution in [0.4, 0.5) is 5.69 Å². The van der Waals surface area contributed by atoms with Gasteiger partial charge in [0.2, 0.25) is 11.8 Å². The molecule has 0 radical (unpaired) electrons. The van der Waals surface area contributed by atoms with Crippen molar-refractivity contribution in [2.24, 2.45) is 0 Å². The fraction of sp³-hybridized carbons (Fsp3) is 0.375. The lowest BCUT2D eigenvalue weighted by molar-refractivity contribution is -0.139. The first-order valence-corrected chi connectivity index (χ1v) is 15.5. The number of nitrogens with zero attached hydrogens (tertiary/aromatic N) is 2. The van der Waals surface area contributed by atoms with Crippen LogP contribution in [0.1, 0.15) is 50.2 Å². The summed E-state index contributed by atoms with van der Waals surface area (Å²) in [6.07, 6.45) is 5.76. The highest BCUT2D eigenvalue weighted by atomic mass is 32.2. The molecule has 1 aliphatic rings. The number of hydrogen-bond acceptors (Lipinski definition) is 4. The Morgan fingerprint density at radius 1 is 0.875 bits per heavy atom. The van der Waals surface area contributed by atoms with Crippen molar-refractivity contribution in [1.82, 2.24) is 10.2 Å². The molecule has 3 aromatic rings. The Balaban J connectivity index is 1.62. The highest BCUT2D eigenvalue weighted by Crippen LogP contribution is 2.25. The highest BCUT2D eigenvalue weighted by molar-refractivity contribution is 7.92. The molecule has 212 valence electrons. The largest absolute Gasteiger partial charge is 0.352 e. The average Bonchev–Trinajstić information content (AvgIpc) is 2.98. The third kappa shape index (κ3) is 7.50. The third-order valence-corrected chi connectivity index (χ3v) is 9.32. The Kier molecular flexibility index (Phi) is 9.98. The molecular weight excluding hydrogens is 522 g/mol. The van der Waals surface area contributed by atoms with Gasteiger partial charge in [-0.3, -0.25) is 13.9 Å². The second-order valence-electron chi connectivity index (χ2n) is 10.5. The van der Waals surface area contributed by atoms with Crippen molar-refractivity contribution in [3.05, 3.63) is 96.1 Å². The highest BCUT2D eigenvalue weighted by Gasteiger charge is 2.33. The fourth-order valence-corrected chi connectivity index (χ4v) is 6.53. The van der Waals surface area contributed by atoms with Crippen LogP contribution in [-0.4, -0.2) is 50.3 Å². The second-order valence-corrected chi connectivity index (χ2v) is 12.4. The number of hydrogen-bond donors (Lipinski definition) is 1. The number of sulfonamides is 1. The fourth-order valence-electron chi connectivity index (χ4n) is 5.10. The van der Waals surface area contributed by atoms with Crippen LogP contribution >= 0.6 is 0 Å². The molecule has 1 saturated carbocycles. The van der Waals surface area contributed by atoms with Gasteiger partial charge in [-0.2, -0.15) is 0 Å². The van der Waals surface area contributed by atoms with E-state index in [1.807, 2.05) is 49.4 Å². The Bertz CT molecular complexity index is 1360. The van der Waals surface area contributed by atoms with Gasteiger partial charge in [-0.15, -0.1) is 0 Å². The molecule has 40 heavy (non-hydrogen) atoms. The molecule has 3 aromatic carbocycles. The molecule has 1 N–H and O–H groups in total. The molecule has 0 aromatic heterocycles. The summed E-state index contributed by atoms with van der Waals surface area (Å²) < 4.78 is 28.7. The van der Waals surface area contributed by atoms with Gasteiger partial charge in [0.05, 0.1) is 10.6 Å². The summed E-state index contributed by atoms with van der Waals surface area (Å²) in [5, 5.41) is 3.13. The molecule has 0 saturated heterocycles. The Morgan fingerprint density at radius 2 is 1.48 bits per heavy atom. The van der Waals surface area contributed by atoms with E-state index in [1.165, 1.54) is 23.5 Å². The van der Waals surface area contributed by atoms with Crippen molar-refractivity contribution >= 4 is 27.5 Å². The predicted octanol–water partition coefficient (Wildman–Crippen LogP) is 5.10. The molecule has 1 aliphatic carbocycles. The Hall–Kier alpha value is -3.65. The van der Waals surface area contributed by atoms with Crippen molar-refractivity contribution in [2.75, 3.05) is 17.4 Å². The summed E-state index contributed by atoms with van der Waals surface area (Å²) in [5.41, 5.74) is 2.40. The summed E-state index contributed by atoms with van der Waals surface area (Å²) in [7, 11) is -4.05. The molecule has 0 unspecified atom stereocenters. The number of carbonyl (C=O) groups is 2. The van der Waals surface area contributed by atoms with Crippen LogP contribution in [0, 0.1) is 6.92 Å². The quantitative estimate of drug-likeness (QED) is 0.353. The smallest absolute Gasteiger partial charge is 0.264 e. The zero-order chi connectivity index (χ0) is 28.5. The number of anilines is 1. The molecule has 1 fully saturated rings. The second kappa shape index (κ2) is 13.6. The average molecular weight is 562 g/mol. The monoisotopic (exact) mass is 561 g/mol. The maximum absolute atomic E-state index is 14.0. The molecule has 0 aliphatic heterocycles. The van der Waals surface area contributed by atoms with E-state index in [2.05, 4.69) is 5.32 Å². The lowest BCUT2D eigenvalue weighted by Gasteiger charge is -2.33. The van der Waals surface area contributed by atoms with E-state index in [4.69, 9.17) is 0 Å². The zero-order valence-electron chi connectivity index (χ0n) is 23.3. The first kappa shape index (κ1) is 29.3. The molecule has 0 spiro atoms. The van der Waals surface area contributed by atoms with E-state index in [1.54, 1.807) is 37.3 Å². The number of aryl methyl sites for hydroxylation is 1. The first-order valence-electron chi connectivity index (χ1n) is 14.0. The predicted molar refractivity (Wildman–Crippen MR) is 158 cm³/mol. The lowest BCUT2D eigenvalue weighted by Crippen LogP contribution is -2.53. The normalized spacial score (nSPS) is 14.8. The van der Waals surface area contributed by atoms with E-state index in [0.717, 1.165) is 41.1 Å². The van der Waals surface area contributed by atoms with Crippen LogP contribution in [0.3, 0.4) is 0 Å². The number of rotatable bonds is 11. The van der Waals surface area contributed by atoms with Gasteiger partial charge >= 0.3 is 0 Å². The van der Waals surface area contributed by atoms with E-state index in [0.29, 0.717) is 12.1 Å².